The van der Waals surface area contributed by atoms with Gasteiger partial charge in [-0.05, 0) is 42.7 Å². The molecule has 0 aromatic heterocycles. The van der Waals surface area contributed by atoms with E-state index in [-0.39, 0.29) is 23.6 Å². The van der Waals surface area contributed by atoms with E-state index in [9.17, 15) is 13.6 Å². The number of likely N-dealkylation sites (tertiary alicyclic amines) is 1. The van der Waals surface area contributed by atoms with Crippen molar-refractivity contribution in [3.05, 3.63) is 65.7 Å². The molecule has 126 valence electrons. The smallest absolute Gasteiger partial charge is 0.223 e. The first-order chi connectivity index (χ1) is 11.6. The van der Waals surface area contributed by atoms with Crippen LogP contribution in [-0.2, 0) is 4.79 Å². The number of amides is 1. The number of hydrogen-bond donors (Lipinski definition) is 0. The molecule has 5 heteroatoms. The molecule has 0 aliphatic carbocycles. The first kappa shape index (κ1) is 17.0. The molecule has 0 saturated carbocycles. The van der Waals surface area contributed by atoms with Crippen LogP contribution in [0.1, 0.15) is 30.9 Å². The SMILES string of the molecule is O=C(CCSc1ccccc1F)N1CCCC1c1ccc(F)cc1. The number of thioether (sulfide) groups is 1. The first-order valence-corrected chi connectivity index (χ1v) is 9.06. The predicted molar refractivity (Wildman–Crippen MR) is 91.8 cm³/mol. The third kappa shape index (κ3) is 3.96. The van der Waals surface area contributed by atoms with E-state index in [2.05, 4.69) is 0 Å². The lowest BCUT2D eigenvalue weighted by Gasteiger charge is -2.25. The Hall–Kier alpha value is -1.88. The molecule has 0 bridgehead atoms. The van der Waals surface area contributed by atoms with Gasteiger partial charge in [-0.25, -0.2) is 8.78 Å². The Bertz CT molecular complexity index is 705. The fourth-order valence-corrected chi connectivity index (χ4v) is 3.93. The molecule has 1 aliphatic heterocycles. The zero-order chi connectivity index (χ0) is 16.9. The van der Waals surface area contributed by atoms with Gasteiger partial charge in [-0.2, -0.15) is 0 Å². The van der Waals surface area contributed by atoms with Crippen LogP contribution in [0, 0.1) is 11.6 Å². The minimum absolute atomic E-state index is 0.0246. The summed E-state index contributed by atoms with van der Waals surface area (Å²) < 4.78 is 26.7. The largest absolute Gasteiger partial charge is 0.336 e. The van der Waals surface area contributed by atoms with Gasteiger partial charge >= 0.3 is 0 Å². The molecule has 1 heterocycles. The van der Waals surface area contributed by atoms with Gasteiger partial charge < -0.3 is 4.90 Å². The minimum atomic E-state index is -0.268. The lowest BCUT2D eigenvalue weighted by atomic mass is 10.0. The van der Waals surface area contributed by atoms with Gasteiger partial charge in [0.1, 0.15) is 11.6 Å². The Balaban J connectivity index is 1.58. The normalized spacial score (nSPS) is 17.2. The number of benzene rings is 2. The molecule has 1 unspecified atom stereocenters. The number of carbonyl (C=O) groups excluding carboxylic acids is 1. The van der Waals surface area contributed by atoms with Crippen molar-refractivity contribution >= 4 is 17.7 Å². The van der Waals surface area contributed by atoms with Crippen LogP contribution in [0.2, 0.25) is 0 Å². The van der Waals surface area contributed by atoms with Crippen molar-refractivity contribution in [3.63, 3.8) is 0 Å². The van der Waals surface area contributed by atoms with Crippen molar-refractivity contribution in [1.29, 1.82) is 0 Å². The van der Waals surface area contributed by atoms with Crippen molar-refractivity contribution in [3.8, 4) is 0 Å². The monoisotopic (exact) mass is 347 g/mol. The lowest BCUT2D eigenvalue weighted by molar-refractivity contribution is -0.131. The maximum absolute atomic E-state index is 13.6. The molecule has 1 amide bonds. The highest BCUT2D eigenvalue weighted by Crippen LogP contribution is 2.33. The van der Waals surface area contributed by atoms with Crippen LogP contribution >= 0.6 is 11.8 Å². The molecule has 3 rings (SSSR count). The van der Waals surface area contributed by atoms with E-state index in [1.54, 1.807) is 30.3 Å². The third-order valence-electron chi connectivity index (χ3n) is 4.24. The van der Waals surface area contributed by atoms with Crippen LogP contribution in [0.25, 0.3) is 0 Å². The van der Waals surface area contributed by atoms with Gasteiger partial charge in [0.05, 0.1) is 6.04 Å². The molecule has 1 saturated heterocycles. The molecule has 1 atom stereocenters. The summed E-state index contributed by atoms with van der Waals surface area (Å²) >= 11 is 1.36. The number of carbonyl (C=O) groups is 1. The Morgan fingerprint density at radius 3 is 2.62 bits per heavy atom. The van der Waals surface area contributed by atoms with E-state index < -0.39 is 0 Å². The van der Waals surface area contributed by atoms with Gasteiger partial charge in [0, 0.05) is 23.6 Å². The van der Waals surface area contributed by atoms with Gasteiger partial charge in [0.15, 0.2) is 0 Å². The number of hydrogen-bond acceptors (Lipinski definition) is 2. The maximum Gasteiger partial charge on any atom is 0.223 e. The molecule has 0 N–H and O–H groups in total. The van der Waals surface area contributed by atoms with Crippen LogP contribution in [0.15, 0.2) is 53.4 Å². The topological polar surface area (TPSA) is 20.3 Å². The van der Waals surface area contributed by atoms with Gasteiger partial charge in [-0.1, -0.05) is 24.3 Å². The minimum Gasteiger partial charge on any atom is -0.336 e. The molecule has 1 aliphatic rings. The highest BCUT2D eigenvalue weighted by molar-refractivity contribution is 7.99. The number of halogens is 2. The standard InChI is InChI=1S/C19H19F2NOS/c20-15-9-7-14(8-10-15)17-5-3-12-22(17)19(23)11-13-24-18-6-2-1-4-16(18)21/h1-2,4,6-10,17H,3,5,11-13H2. The van der Waals surface area contributed by atoms with E-state index in [0.717, 1.165) is 24.9 Å². The zero-order valence-corrected chi connectivity index (χ0v) is 14.1. The highest BCUT2D eigenvalue weighted by atomic mass is 32.2. The molecule has 1 fully saturated rings. The molecule has 0 spiro atoms. The molecule has 24 heavy (non-hydrogen) atoms. The van der Waals surface area contributed by atoms with Crippen molar-refractivity contribution in [1.82, 2.24) is 4.90 Å². The Morgan fingerprint density at radius 1 is 1.12 bits per heavy atom. The van der Waals surface area contributed by atoms with Crippen LogP contribution in [0.4, 0.5) is 8.78 Å². The fraction of sp³-hybridized carbons (Fsp3) is 0.316. The van der Waals surface area contributed by atoms with Crippen LogP contribution in [-0.4, -0.2) is 23.1 Å². The van der Waals surface area contributed by atoms with E-state index >= 15 is 0 Å². The molecule has 2 aromatic carbocycles. The van der Waals surface area contributed by atoms with Crippen molar-refractivity contribution < 1.29 is 13.6 Å². The van der Waals surface area contributed by atoms with Crippen molar-refractivity contribution in [2.75, 3.05) is 12.3 Å². The van der Waals surface area contributed by atoms with Crippen LogP contribution in [0.5, 0.6) is 0 Å². The highest BCUT2D eigenvalue weighted by Gasteiger charge is 2.29. The predicted octanol–water partition coefficient (Wildman–Crippen LogP) is 4.81. The summed E-state index contributed by atoms with van der Waals surface area (Å²) in [5.41, 5.74) is 0.976. The Kier molecular flexibility index (Phi) is 5.51. The molecular formula is C19H19F2NOS. The van der Waals surface area contributed by atoms with Crippen LogP contribution in [0.3, 0.4) is 0 Å². The van der Waals surface area contributed by atoms with Gasteiger partial charge in [-0.15, -0.1) is 11.8 Å². The summed E-state index contributed by atoms with van der Waals surface area (Å²) in [6.07, 6.45) is 2.22. The summed E-state index contributed by atoms with van der Waals surface area (Å²) in [7, 11) is 0. The Morgan fingerprint density at radius 2 is 1.88 bits per heavy atom. The van der Waals surface area contributed by atoms with Crippen molar-refractivity contribution in [2.24, 2.45) is 0 Å². The van der Waals surface area contributed by atoms with E-state index in [0.29, 0.717) is 17.1 Å². The second-order valence-electron chi connectivity index (χ2n) is 5.83. The fourth-order valence-electron chi connectivity index (χ4n) is 3.05. The van der Waals surface area contributed by atoms with Crippen LogP contribution < -0.4 is 0 Å². The quantitative estimate of drug-likeness (QED) is 0.724. The summed E-state index contributed by atoms with van der Waals surface area (Å²) in [4.78, 5) is 15.0. The average Bonchev–Trinajstić information content (AvgIpc) is 3.07. The first-order valence-electron chi connectivity index (χ1n) is 8.07. The molecule has 2 nitrogen and oxygen atoms in total. The summed E-state index contributed by atoms with van der Waals surface area (Å²) in [5, 5.41) is 0. The lowest BCUT2D eigenvalue weighted by Crippen LogP contribution is -2.30. The summed E-state index contributed by atoms with van der Waals surface area (Å²) in [5.74, 6) is 0.105. The summed E-state index contributed by atoms with van der Waals surface area (Å²) in [6, 6.07) is 13.0. The maximum atomic E-state index is 13.6. The van der Waals surface area contributed by atoms with Gasteiger partial charge in [-0.3, -0.25) is 4.79 Å². The van der Waals surface area contributed by atoms with E-state index in [1.165, 1.54) is 30.0 Å². The van der Waals surface area contributed by atoms with Gasteiger partial charge in [0.25, 0.3) is 0 Å². The molecular weight excluding hydrogens is 328 g/mol. The van der Waals surface area contributed by atoms with Crippen molar-refractivity contribution in [2.45, 2.75) is 30.2 Å². The molecule has 2 aromatic rings. The number of nitrogens with zero attached hydrogens (tertiary/aromatic N) is 1. The second-order valence-corrected chi connectivity index (χ2v) is 6.96. The Labute approximate surface area is 144 Å². The average molecular weight is 347 g/mol. The van der Waals surface area contributed by atoms with Gasteiger partial charge in [0.2, 0.25) is 5.91 Å². The molecule has 0 radical (unpaired) electrons. The third-order valence-corrected chi connectivity index (χ3v) is 5.29. The number of rotatable bonds is 5. The zero-order valence-electron chi connectivity index (χ0n) is 13.3. The second kappa shape index (κ2) is 7.79. The summed E-state index contributed by atoms with van der Waals surface area (Å²) in [6.45, 7) is 0.727. The van der Waals surface area contributed by atoms with E-state index in [1.807, 2.05) is 4.90 Å². The van der Waals surface area contributed by atoms with E-state index in [4.69, 9.17) is 0 Å².